The first-order valence-corrected chi connectivity index (χ1v) is 5.44. The summed E-state index contributed by atoms with van der Waals surface area (Å²) in [5, 5.41) is 9.88. The van der Waals surface area contributed by atoms with E-state index < -0.39 is 12.1 Å². The third-order valence-electron chi connectivity index (χ3n) is 2.93. The van der Waals surface area contributed by atoms with Crippen LogP contribution in [0.3, 0.4) is 0 Å². The van der Waals surface area contributed by atoms with E-state index in [1.165, 1.54) is 12.5 Å². The van der Waals surface area contributed by atoms with E-state index in [1.54, 1.807) is 11.0 Å². The molecule has 1 aliphatic rings. The highest BCUT2D eigenvalue weighted by atomic mass is 35.5. The van der Waals surface area contributed by atoms with Gasteiger partial charge in [0.2, 0.25) is 5.91 Å². The maximum Gasteiger partial charge on any atom is 0.242 e. The van der Waals surface area contributed by atoms with E-state index in [-0.39, 0.29) is 18.3 Å². The van der Waals surface area contributed by atoms with Crippen LogP contribution < -0.4 is 5.73 Å². The van der Waals surface area contributed by atoms with Gasteiger partial charge in [0.25, 0.3) is 0 Å². The molecule has 0 saturated carbocycles. The Morgan fingerprint density at radius 2 is 2.12 bits per heavy atom. The molecule has 0 spiro atoms. The summed E-state index contributed by atoms with van der Waals surface area (Å²) in [5.41, 5.74) is 6.29. The molecule has 2 rings (SSSR count). The summed E-state index contributed by atoms with van der Waals surface area (Å²) < 4.78 is 4.85. The highest BCUT2D eigenvalue weighted by molar-refractivity contribution is 5.85. The second kappa shape index (κ2) is 6.05. The molecular weight excluding hydrogens is 244 g/mol. The first-order valence-electron chi connectivity index (χ1n) is 5.44. The van der Waals surface area contributed by atoms with Gasteiger partial charge in [-0.15, -0.1) is 12.4 Å². The van der Waals surface area contributed by atoms with Crippen LogP contribution >= 0.6 is 12.4 Å². The molecule has 2 unspecified atom stereocenters. The molecule has 1 amide bonds. The number of nitrogens with zero attached hydrogens (tertiary/aromatic N) is 1. The molecule has 0 aliphatic carbocycles. The van der Waals surface area contributed by atoms with Crippen LogP contribution in [-0.4, -0.2) is 35.0 Å². The van der Waals surface area contributed by atoms with E-state index in [2.05, 4.69) is 0 Å². The molecule has 1 aromatic heterocycles. The molecular formula is C11H17ClN2O3. The van der Waals surface area contributed by atoms with Crippen molar-refractivity contribution >= 4 is 18.3 Å². The number of aliphatic hydroxyl groups excluding tert-OH is 1. The third kappa shape index (κ3) is 3.00. The van der Waals surface area contributed by atoms with Crippen LogP contribution in [-0.2, 0) is 4.79 Å². The number of carbonyl (C=O) groups is 1. The SMILES string of the molecule is Cl.NC(C(=O)N1CCCC1)C(O)c1ccoc1. The summed E-state index contributed by atoms with van der Waals surface area (Å²) in [6, 6.07) is 0.706. The minimum absolute atomic E-state index is 0. The summed E-state index contributed by atoms with van der Waals surface area (Å²) in [5.74, 6) is -0.189. The number of furan rings is 1. The van der Waals surface area contributed by atoms with Crippen LogP contribution in [0.25, 0.3) is 0 Å². The van der Waals surface area contributed by atoms with E-state index in [9.17, 15) is 9.90 Å². The van der Waals surface area contributed by atoms with Gasteiger partial charge in [-0.25, -0.2) is 0 Å². The van der Waals surface area contributed by atoms with Crippen molar-refractivity contribution in [2.75, 3.05) is 13.1 Å². The number of aliphatic hydroxyl groups is 1. The lowest BCUT2D eigenvalue weighted by Crippen LogP contribution is -2.45. The lowest BCUT2D eigenvalue weighted by atomic mass is 10.1. The van der Waals surface area contributed by atoms with Crippen molar-refractivity contribution in [1.29, 1.82) is 0 Å². The van der Waals surface area contributed by atoms with Crippen LogP contribution in [0.5, 0.6) is 0 Å². The van der Waals surface area contributed by atoms with Crippen LogP contribution in [0.15, 0.2) is 23.0 Å². The molecule has 17 heavy (non-hydrogen) atoms. The first kappa shape index (κ1) is 14.0. The van der Waals surface area contributed by atoms with Crippen LogP contribution in [0.4, 0.5) is 0 Å². The molecule has 3 N–H and O–H groups in total. The second-order valence-electron chi connectivity index (χ2n) is 4.06. The predicted molar refractivity (Wildman–Crippen MR) is 64.7 cm³/mol. The molecule has 2 heterocycles. The molecule has 5 nitrogen and oxygen atoms in total. The minimum atomic E-state index is -0.994. The maximum atomic E-state index is 11.9. The zero-order valence-corrected chi connectivity index (χ0v) is 10.2. The molecule has 0 bridgehead atoms. The molecule has 1 fully saturated rings. The Kier molecular flexibility index (Phi) is 4.99. The van der Waals surface area contributed by atoms with Crippen LogP contribution in [0.2, 0.25) is 0 Å². The van der Waals surface area contributed by atoms with Crippen molar-refractivity contribution < 1.29 is 14.3 Å². The van der Waals surface area contributed by atoms with E-state index in [0.717, 1.165) is 25.9 Å². The lowest BCUT2D eigenvalue weighted by molar-refractivity contribution is -0.134. The minimum Gasteiger partial charge on any atom is -0.472 e. The van der Waals surface area contributed by atoms with Crippen molar-refractivity contribution in [2.24, 2.45) is 5.73 Å². The number of halogens is 1. The summed E-state index contributed by atoms with van der Waals surface area (Å²) in [7, 11) is 0. The van der Waals surface area contributed by atoms with Gasteiger partial charge < -0.3 is 20.2 Å². The smallest absolute Gasteiger partial charge is 0.242 e. The van der Waals surface area contributed by atoms with Crippen LogP contribution in [0, 0.1) is 0 Å². The van der Waals surface area contributed by atoms with Gasteiger partial charge in [0.1, 0.15) is 12.1 Å². The van der Waals surface area contributed by atoms with Gasteiger partial charge in [-0.05, 0) is 18.9 Å². The quantitative estimate of drug-likeness (QED) is 0.838. The van der Waals surface area contributed by atoms with Gasteiger partial charge in [-0.3, -0.25) is 4.79 Å². The lowest BCUT2D eigenvalue weighted by Gasteiger charge is -2.23. The Hall–Kier alpha value is -1.04. The Bertz CT molecular complexity index is 350. The van der Waals surface area contributed by atoms with E-state index in [4.69, 9.17) is 10.2 Å². The first-order chi connectivity index (χ1) is 7.70. The number of amides is 1. The summed E-state index contributed by atoms with van der Waals surface area (Å²) in [4.78, 5) is 13.6. The van der Waals surface area contributed by atoms with Gasteiger partial charge in [-0.1, -0.05) is 0 Å². The van der Waals surface area contributed by atoms with Crippen molar-refractivity contribution in [3.8, 4) is 0 Å². The number of hydrogen-bond acceptors (Lipinski definition) is 4. The topological polar surface area (TPSA) is 79.7 Å². The van der Waals surface area contributed by atoms with E-state index >= 15 is 0 Å². The molecule has 1 saturated heterocycles. The highest BCUT2D eigenvalue weighted by Crippen LogP contribution is 2.19. The average Bonchev–Trinajstić information content (AvgIpc) is 2.97. The molecule has 96 valence electrons. The standard InChI is InChI=1S/C11H16N2O3.ClH/c12-9(10(14)8-3-6-16-7-8)11(15)13-4-1-2-5-13;/h3,6-7,9-10,14H,1-2,4-5,12H2;1H. The fourth-order valence-electron chi connectivity index (χ4n) is 1.93. The summed E-state index contributed by atoms with van der Waals surface area (Å²) in [6.07, 6.45) is 3.89. The number of hydrogen-bond donors (Lipinski definition) is 2. The van der Waals surface area contributed by atoms with Crippen molar-refractivity contribution in [1.82, 2.24) is 4.90 Å². The number of rotatable bonds is 3. The molecule has 6 heteroatoms. The maximum absolute atomic E-state index is 11.9. The number of likely N-dealkylation sites (tertiary alicyclic amines) is 1. The number of carbonyl (C=O) groups excluding carboxylic acids is 1. The van der Waals surface area contributed by atoms with Crippen molar-refractivity contribution in [3.63, 3.8) is 0 Å². The largest absolute Gasteiger partial charge is 0.472 e. The monoisotopic (exact) mass is 260 g/mol. The Labute approximate surface area is 106 Å². The van der Waals surface area contributed by atoms with Gasteiger partial charge in [0, 0.05) is 18.7 Å². The summed E-state index contributed by atoms with van der Waals surface area (Å²) in [6.45, 7) is 1.48. The van der Waals surface area contributed by atoms with E-state index in [0.29, 0.717) is 5.56 Å². The average molecular weight is 261 g/mol. The second-order valence-corrected chi connectivity index (χ2v) is 4.06. The van der Waals surface area contributed by atoms with Crippen molar-refractivity contribution in [2.45, 2.75) is 25.0 Å². The predicted octanol–water partition coefficient (Wildman–Crippen LogP) is 0.684. The van der Waals surface area contributed by atoms with Crippen LogP contribution in [0.1, 0.15) is 24.5 Å². The zero-order valence-electron chi connectivity index (χ0n) is 9.41. The molecule has 0 radical (unpaired) electrons. The van der Waals surface area contributed by atoms with Crippen molar-refractivity contribution in [3.05, 3.63) is 24.2 Å². The zero-order chi connectivity index (χ0) is 11.5. The molecule has 0 aromatic carbocycles. The summed E-state index contributed by atoms with van der Waals surface area (Å²) >= 11 is 0. The van der Waals surface area contributed by atoms with Gasteiger partial charge >= 0.3 is 0 Å². The normalized spacial score (nSPS) is 18.6. The van der Waals surface area contributed by atoms with E-state index in [1.807, 2.05) is 0 Å². The Morgan fingerprint density at radius 3 is 2.65 bits per heavy atom. The fourth-order valence-corrected chi connectivity index (χ4v) is 1.93. The molecule has 2 atom stereocenters. The van der Waals surface area contributed by atoms with Gasteiger partial charge in [-0.2, -0.15) is 0 Å². The molecule has 1 aliphatic heterocycles. The van der Waals surface area contributed by atoms with Gasteiger partial charge in [0.05, 0.1) is 12.5 Å². The highest BCUT2D eigenvalue weighted by Gasteiger charge is 2.30. The Morgan fingerprint density at radius 1 is 1.47 bits per heavy atom. The fraction of sp³-hybridized carbons (Fsp3) is 0.545. The van der Waals surface area contributed by atoms with Gasteiger partial charge in [0.15, 0.2) is 0 Å². The third-order valence-corrected chi connectivity index (χ3v) is 2.93. The number of nitrogens with two attached hydrogens (primary N) is 1. The molecule has 1 aromatic rings. The Balaban J connectivity index is 0.00000144.